The highest BCUT2D eigenvalue weighted by molar-refractivity contribution is 6.28. The maximum atomic E-state index is 12.6. The molecule has 106 valence electrons. The van der Waals surface area contributed by atoms with E-state index in [1.165, 1.54) is 0 Å². The molecule has 0 saturated heterocycles. The molecule has 7 heteroatoms. The summed E-state index contributed by atoms with van der Waals surface area (Å²) in [7, 11) is 0. The first-order valence-electron chi connectivity index (χ1n) is 5.76. The first-order valence-corrected chi connectivity index (χ1v) is 6.13. The van der Waals surface area contributed by atoms with Gasteiger partial charge in [0, 0.05) is 12.6 Å². The molecular formula is C13H11ClF3N3. The predicted molar refractivity (Wildman–Crippen MR) is 70.5 cm³/mol. The Hall–Kier alpha value is -1.82. The number of anilines is 1. The zero-order valence-corrected chi connectivity index (χ0v) is 11.3. The van der Waals surface area contributed by atoms with Crippen molar-refractivity contribution in [2.45, 2.75) is 19.6 Å². The zero-order valence-electron chi connectivity index (χ0n) is 10.5. The number of alkyl halides is 3. The molecule has 20 heavy (non-hydrogen) atoms. The van der Waals surface area contributed by atoms with E-state index in [-0.39, 0.29) is 5.82 Å². The van der Waals surface area contributed by atoms with Gasteiger partial charge in [0.25, 0.3) is 0 Å². The maximum Gasteiger partial charge on any atom is 0.433 e. The van der Waals surface area contributed by atoms with Crippen LogP contribution < -0.4 is 5.32 Å². The molecule has 0 atom stereocenters. The Morgan fingerprint density at radius 2 is 1.95 bits per heavy atom. The zero-order chi connectivity index (χ0) is 14.8. The fourth-order valence-corrected chi connectivity index (χ4v) is 1.85. The summed E-state index contributed by atoms with van der Waals surface area (Å²) in [5, 5.41) is 2.37. The van der Waals surface area contributed by atoms with Gasteiger partial charge >= 0.3 is 6.18 Å². The molecule has 0 bridgehead atoms. The molecule has 2 aromatic rings. The summed E-state index contributed by atoms with van der Waals surface area (Å²) >= 11 is 5.50. The molecule has 2 rings (SSSR count). The molecule has 0 spiro atoms. The minimum absolute atomic E-state index is 0.0406. The van der Waals surface area contributed by atoms with Crippen LogP contribution in [0.3, 0.4) is 0 Å². The summed E-state index contributed by atoms with van der Waals surface area (Å²) in [6.45, 7) is 2.29. The molecule has 1 heterocycles. The lowest BCUT2D eigenvalue weighted by Crippen LogP contribution is -2.11. The van der Waals surface area contributed by atoms with Crippen molar-refractivity contribution < 1.29 is 13.2 Å². The van der Waals surface area contributed by atoms with Crippen LogP contribution >= 0.6 is 11.6 Å². The second-order valence-electron chi connectivity index (χ2n) is 4.25. The highest BCUT2D eigenvalue weighted by atomic mass is 35.5. The van der Waals surface area contributed by atoms with Crippen LogP contribution in [0.25, 0.3) is 0 Å². The van der Waals surface area contributed by atoms with E-state index in [0.717, 1.165) is 17.2 Å². The van der Waals surface area contributed by atoms with Crippen molar-refractivity contribution in [1.29, 1.82) is 0 Å². The molecule has 0 unspecified atom stereocenters. The van der Waals surface area contributed by atoms with E-state index in [0.29, 0.717) is 6.54 Å². The Balaban J connectivity index is 2.16. The minimum atomic E-state index is -4.55. The average molecular weight is 302 g/mol. The van der Waals surface area contributed by atoms with Crippen LogP contribution in [0.2, 0.25) is 5.28 Å². The quantitative estimate of drug-likeness (QED) is 0.868. The summed E-state index contributed by atoms with van der Waals surface area (Å²) in [5.74, 6) is 0.0406. The van der Waals surface area contributed by atoms with Gasteiger partial charge in [-0.25, -0.2) is 9.97 Å². The highest BCUT2D eigenvalue weighted by Gasteiger charge is 2.33. The third-order valence-electron chi connectivity index (χ3n) is 2.55. The highest BCUT2D eigenvalue weighted by Crippen LogP contribution is 2.29. The topological polar surface area (TPSA) is 37.8 Å². The smallest absolute Gasteiger partial charge is 0.366 e. The number of nitrogens with one attached hydrogen (secondary N) is 1. The van der Waals surface area contributed by atoms with Crippen molar-refractivity contribution in [3.05, 3.63) is 52.4 Å². The van der Waals surface area contributed by atoms with Gasteiger partial charge < -0.3 is 5.32 Å². The number of hydrogen-bond acceptors (Lipinski definition) is 3. The van der Waals surface area contributed by atoms with Gasteiger partial charge in [0.05, 0.1) is 0 Å². The Morgan fingerprint density at radius 3 is 2.60 bits per heavy atom. The van der Waals surface area contributed by atoms with Crippen LogP contribution in [0.5, 0.6) is 0 Å². The monoisotopic (exact) mass is 301 g/mol. The Kier molecular flexibility index (Phi) is 4.13. The van der Waals surface area contributed by atoms with Crippen molar-refractivity contribution >= 4 is 17.4 Å². The normalized spacial score (nSPS) is 11.4. The van der Waals surface area contributed by atoms with E-state index in [1.54, 1.807) is 0 Å². The Bertz CT molecular complexity index is 614. The Morgan fingerprint density at radius 1 is 1.20 bits per heavy atom. The van der Waals surface area contributed by atoms with Gasteiger partial charge in [0.15, 0.2) is 5.69 Å². The van der Waals surface area contributed by atoms with E-state index >= 15 is 0 Å². The molecule has 1 N–H and O–H groups in total. The lowest BCUT2D eigenvalue weighted by Gasteiger charge is -2.10. The van der Waals surface area contributed by atoms with E-state index in [4.69, 9.17) is 11.6 Å². The Labute approximate surface area is 118 Å². The van der Waals surface area contributed by atoms with Crippen LogP contribution in [0, 0.1) is 6.92 Å². The van der Waals surface area contributed by atoms with Crippen molar-refractivity contribution in [1.82, 2.24) is 9.97 Å². The van der Waals surface area contributed by atoms with Crippen LogP contribution in [-0.4, -0.2) is 9.97 Å². The molecule has 0 aliphatic carbocycles. The number of halogens is 4. The molecule has 0 saturated carbocycles. The molecule has 1 aromatic carbocycles. The average Bonchev–Trinajstić information content (AvgIpc) is 2.35. The minimum Gasteiger partial charge on any atom is -0.366 e. The largest absolute Gasteiger partial charge is 0.433 e. The van der Waals surface area contributed by atoms with Crippen LogP contribution in [0.4, 0.5) is 19.0 Å². The van der Waals surface area contributed by atoms with E-state index in [2.05, 4.69) is 15.3 Å². The number of hydrogen-bond donors (Lipinski definition) is 1. The summed E-state index contributed by atoms with van der Waals surface area (Å²) in [6.07, 6.45) is -4.55. The lowest BCUT2D eigenvalue weighted by molar-refractivity contribution is -0.141. The maximum absolute atomic E-state index is 12.6. The second-order valence-corrected chi connectivity index (χ2v) is 4.59. The number of benzene rings is 1. The molecule has 0 amide bonds. The van der Waals surface area contributed by atoms with Gasteiger partial charge in [0.1, 0.15) is 5.82 Å². The van der Waals surface area contributed by atoms with E-state index in [9.17, 15) is 13.2 Å². The van der Waals surface area contributed by atoms with Crippen molar-refractivity contribution in [3.63, 3.8) is 0 Å². The number of aromatic nitrogens is 2. The molecular weight excluding hydrogens is 291 g/mol. The fraction of sp³-hybridized carbons (Fsp3) is 0.231. The summed E-state index contributed by atoms with van der Waals surface area (Å²) < 4.78 is 37.8. The predicted octanol–water partition coefficient (Wildman–Crippen LogP) is 4.07. The van der Waals surface area contributed by atoms with Gasteiger partial charge in [-0.15, -0.1) is 0 Å². The van der Waals surface area contributed by atoms with Gasteiger partial charge in [-0.05, 0) is 24.1 Å². The van der Waals surface area contributed by atoms with Crippen LogP contribution in [0.1, 0.15) is 16.8 Å². The summed E-state index contributed by atoms with van der Waals surface area (Å²) in [4.78, 5) is 6.89. The first-order chi connectivity index (χ1) is 9.34. The third-order valence-corrected chi connectivity index (χ3v) is 2.71. The molecule has 0 fully saturated rings. The summed E-state index contributed by atoms with van der Waals surface area (Å²) in [5.41, 5.74) is 0.943. The SMILES string of the molecule is Cc1cccc(CNc2cc(C(F)(F)F)nc(Cl)n2)c1. The van der Waals surface area contributed by atoms with Crippen molar-refractivity contribution in [2.24, 2.45) is 0 Å². The van der Waals surface area contributed by atoms with Crippen LogP contribution in [-0.2, 0) is 12.7 Å². The van der Waals surface area contributed by atoms with Crippen molar-refractivity contribution in [3.8, 4) is 0 Å². The second kappa shape index (κ2) is 5.66. The van der Waals surface area contributed by atoms with Gasteiger partial charge in [-0.3, -0.25) is 0 Å². The van der Waals surface area contributed by atoms with Crippen molar-refractivity contribution in [2.75, 3.05) is 5.32 Å². The first kappa shape index (κ1) is 14.6. The van der Waals surface area contributed by atoms with Gasteiger partial charge in [0.2, 0.25) is 5.28 Å². The standard InChI is InChI=1S/C13H11ClF3N3/c1-8-3-2-4-9(5-8)7-18-11-6-10(13(15,16)17)19-12(14)20-11/h2-6H,7H2,1H3,(H,18,19,20). The molecule has 0 radical (unpaired) electrons. The number of nitrogens with zero attached hydrogens (tertiary/aromatic N) is 2. The van der Waals surface area contributed by atoms with E-state index < -0.39 is 17.2 Å². The van der Waals surface area contributed by atoms with Gasteiger partial charge in [-0.1, -0.05) is 29.8 Å². The molecule has 1 aromatic heterocycles. The van der Waals surface area contributed by atoms with E-state index in [1.807, 2.05) is 31.2 Å². The molecule has 3 nitrogen and oxygen atoms in total. The summed E-state index contributed by atoms with van der Waals surface area (Å²) in [6, 6.07) is 8.45. The molecule has 0 aliphatic rings. The molecule has 0 aliphatic heterocycles. The lowest BCUT2D eigenvalue weighted by atomic mass is 10.1. The fourth-order valence-electron chi connectivity index (χ4n) is 1.67. The van der Waals surface area contributed by atoms with Crippen LogP contribution in [0.15, 0.2) is 30.3 Å². The van der Waals surface area contributed by atoms with Gasteiger partial charge in [-0.2, -0.15) is 13.2 Å². The number of aryl methyl sites for hydroxylation is 1. The number of rotatable bonds is 3. The third kappa shape index (κ3) is 3.84.